The van der Waals surface area contributed by atoms with Crippen molar-refractivity contribution >= 4 is 0 Å². The molecule has 0 amide bonds. The zero-order chi connectivity index (χ0) is 16.1. The maximum absolute atomic E-state index is 4.41. The summed E-state index contributed by atoms with van der Waals surface area (Å²) in [5, 5.41) is 8.68. The van der Waals surface area contributed by atoms with Crippen LogP contribution in [0.2, 0.25) is 0 Å². The average Bonchev–Trinajstić information content (AvgIpc) is 2.90. The van der Waals surface area contributed by atoms with Crippen LogP contribution in [0.1, 0.15) is 43.4 Å². The van der Waals surface area contributed by atoms with E-state index >= 15 is 0 Å². The number of hydrogen-bond acceptors (Lipinski definition) is 3. The summed E-state index contributed by atoms with van der Waals surface area (Å²) in [6.45, 7) is 8.58. The van der Waals surface area contributed by atoms with E-state index in [4.69, 9.17) is 0 Å². The van der Waals surface area contributed by atoms with E-state index in [1.54, 1.807) is 0 Å². The maximum Gasteiger partial charge on any atom is 0.147 e. The fraction of sp³-hybridized carbons (Fsp3) is 0.579. The third-order valence-electron chi connectivity index (χ3n) is 4.79. The molecule has 1 aromatic carbocycles. The van der Waals surface area contributed by atoms with Gasteiger partial charge in [0.25, 0.3) is 0 Å². The van der Waals surface area contributed by atoms with Gasteiger partial charge in [-0.3, -0.25) is 4.90 Å². The lowest BCUT2D eigenvalue weighted by Gasteiger charge is -2.32. The standard InChI is InChI=1S/C19H28N4/c1-3-11-23-16(2)20-21-19(23)15-22-12-7-10-18(14-22)13-17-8-5-4-6-9-17/h4-6,8-9,18H,3,7,10-15H2,1-2H3. The van der Waals surface area contributed by atoms with Crippen molar-refractivity contribution in [3.05, 3.63) is 47.5 Å². The molecule has 4 heteroatoms. The smallest absolute Gasteiger partial charge is 0.147 e. The summed E-state index contributed by atoms with van der Waals surface area (Å²) in [6.07, 6.45) is 4.95. The molecule has 0 N–H and O–H groups in total. The minimum Gasteiger partial charge on any atom is -0.314 e. The lowest BCUT2D eigenvalue weighted by atomic mass is 9.91. The van der Waals surface area contributed by atoms with Crippen LogP contribution in [-0.4, -0.2) is 32.8 Å². The molecule has 4 nitrogen and oxygen atoms in total. The largest absolute Gasteiger partial charge is 0.314 e. The van der Waals surface area contributed by atoms with Crippen molar-refractivity contribution in [1.82, 2.24) is 19.7 Å². The second-order valence-electron chi connectivity index (χ2n) is 6.75. The van der Waals surface area contributed by atoms with Crippen LogP contribution in [0.3, 0.4) is 0 Å². The molecule has 23 heavy (non-hydrogen) atoms. The molecule has 1 saturated heterocycles. The highest BCUT2D eigenvalue weighted by atomic mass is 15.3. The minimum absolute atomic E-state index is 0.759. The third kappa shape index (κ3) is 4.20. The second kappa shape index (κ2) is 7.73. The highest BCUT2D eigenvalue weighted by Crippen LogP contribution is 2.22. The highest BCUT2D eigenvalue weighted by Gasteiger charge is 2.22. The number of rotatable bonds is 6. The average molecular weight is 312 g/mol. The van der Waals surface area contributed by atoms with Gasteiger partial charge < -0.3 is 4.57 Å². The molecule has 0 radical (unpaired) electrons. The van der Waals surface area contributed by atoms with E-state index in [-0.39, 0.29) is 0 Å². The van der Waals surface area contributed by atoms with Crippen LogP contribution in [0.25, 0.3) is 0 Å². The number of aromatic nitrogens is 3. The molecule has 1 atom stereocenters. The predicted octanol–water partition coefficient (Wildman–Crippen LogP) is 3.45. The number of nitrogens with zero attached hydrogens (tertiary/aromatic N) is 4. The normalized spacial score (nSPS) is 19.1. The van der Waals surface area contributed by atoms with Gasteiger partial charge in [-0.1, -0.05) is 37.3 Å². The molecule has 0 bridgehead atoms. The summed E-state index contributed by atoms with van der Waals surface area (Å²) in [6, 6.07) is 10.9. The van der Waals surface area contributed by atoms with Gasteiger partial charge in [-0.05, 0) is 50.6 Å². The first-order valence-electron chi connectivity index (χ1n) is 8.91. The monoisotopic (exact) mass is 312 g/mol. The molecule has 1 aliphatic heterocycles. The Bertz CT molecular complexity index is 605. The van der Waals surface area contributed by atoms with Crippen molar-refractivity contribution < 1.29 is 0 Å². The SMILES string of the molecule is CCCn1c(C)nnc1CN1CCCC(Cc2ccccc2)C1. The zero-order valence-electron chi connectivity index (χ0n) is 14.4. The van der Waals surface area contributed by atoms with Crippen molar-refractivity contribution in [1.29, 1.82) is 0 Å². The van der Waals surface area contributed by atoms with Crippen molar-refractivity contribution in [2.24, 2.45) is 5.92 Å². The van der Waals surface area contributed by atoms with Crippen molar-refractivity contribution in [2.75, 3.05) is 13.1 Å². The molecular formula is C19H28N4. The van der Waals surface area contributed by atoms with Crippen molar-refractivity contribution in [3.63, 3.8) is 0 Å². The van der Waals surface area contributed by atoms with Gasteiger partial charge in [0, 0.05) is 13.1 Å². The van der Waals surface area contributed by atoms with E-state index in [2.05, 4.69) is 63.8 Å². The molecule has 1 aromatic heterocycles. The van der Waals surface area contributed by atoms with Crippen molar-refractivity contribution in [2.45, 2.75) is 52.6 Å². The van der Waals surface area contributed by atoms with Crippen LogP contribution >= 0.6 is 0 Å². The quantitative estimate of drug-likeness (QED) is 0.819. The van der Waals surface area contributed by atoms with Crippen LogP contribution in [0.4, 0.5) is 0 Å². The molecule has 0 saturated carbocycles. The summed E-state index contributed by atoms with van der Waals surface area (Å²) in [5.41, 5.74) is 1.46. The summed E-state index contributed by atoms with van der Waals surface area (Å²) in [5.74, 6) is 2.93. The predicted molar refractivity (Wildman–Crippen MR) is 93.2 cm³/mol. The van der Waals surface area contributed by atoms with Crippen LogP contribution in [-0.2, 0) is 19.5 Å². The van der Waals surface area contributed by atoms with Gasteiger partial charge in [0.1, 0.15) is 11.6 Å². The van der Waals surface area contributed by atoms with Crippen LogP contribution < -0.4 is 0 Å². The number of piperidine rings is 1. The van der Waals surface area contributed by atoms with Gasteiger partial charge in [-0.2, -0.15) is 0 Å². The van der Waals surface area contributed by atoms with E-state index in [1.807, 2.05) is 0 Å². The van der Waals surface area contributed by atoms with Gasteiger partial charge in [-0.15, -0.1) is 10.2 Å². The molecule has 3 rings (SSSR count). The molecule has 2 aromatic rings. The Balaban J connectivity index is 1.60. The molecule has 2 heterocycles. The van der Waals surface area contributed by atoms with Crippen LogP contribution in [0.5, 0.6) is 0 Å². The van der Waals surface area contributed by atoms with Gasteiger partial charge in [0.2, 0.25) is 0 Å². The molecule has 1 fully saturated rings. The zero-order valence-corrected chi connectivity index (χ0v) is 14.4. The van der Waals surface area contributed by atoms with Gasteiger partial charge >= 0.3 is 0 Å². The fourth-order valence-electron chi connectivity index (χ4n) is 3.67. The van der Waals surface area contributed by atoms with Gasteiger partial charge in [0.05, 0.1) is 6.54 Å². The number of aryl methyl sites for hydroxylation is 1. The van der Waals surface area contributed by atoms with E-state index in [0.29, 0.717) is 0 Å². The molecule has 0 spiro atoms. The molecular weight excluding hydrogens is 284 g/mol. The topological polar surface area (TPSA) is 34.0 Å². The lowest BCUT2D eigenvalue weighted by molar-refractivity contribution is 0.161. The first-order chi connectivity index (χ1) is 11.3. The van der Waals surface area contributed by atoms with Gasteiger partial charge in [0.15, 0.2) is 0 Å². The Hall–Kier alpha value is -1.68. The van der Waals surface area contributed by atoms with Crippen LogP contribution in [0.15, 0.2) is 30.3 Å². The number of likely N-dealkylation sites (tertiary alicyclic amines) is 1. The minimum atomic E-state index is 0.759. The Morgan fingerprint density at radius 2 is 2.00 bits per heavy atom. The number of hydrogen-bond donors (Lipinski definition) is 0. The van der Waals surface area contributed by atoms with Crippen LogP contribution in [0, 0.1) is 12.8 Å². The molecule has 0 aliphatic carbocycles. The Morgan fingerprint density at radius 3 is 2.78 bits per heavy atom. The van der Waals surface area contributed by atoms with E-state index < -0.39 is 0 Å². The summed E-state index contributed by atoms with van der Waals surface area (Å²) in [7, 11) is 0. The fourth-order valence-corrected chi connectivity index (χ4v) is 3.67. The Morgan fingerprint density at radius 1 is 1.17 bits per heavy atom. The first-order valence-corrected chi connectivity index (χ1v) is 8.91. The Labute approximate surface area is 139 Å². The highest BCUT2D eigenvalue weighted by molar-refractivity contribution is 5.15. The number of benzene rings is 1. The van der Waals surface area contributed by atoms with E-state index in [0.717, 1.165) is 37.1 Å². The van der Waals surface area contributed by atoms with E-state index in [1.165, 1.54) is 37.9 Å². The summed E-state index contributed by atoms with van der Waals surface area (Å²) in [4.78, 5) is 2.56. The maximum atomic E-state index is 4.41. The molecule has 1 unspecified atom stereocenters. The first kappa shape index (κ1) is 16.2. The van der Waals surface area contributed by atoms with Crippen molar-refractivity contribution in [3.8, 4) is 0 Å². The van der Waals surface area contributed by atoms with E-state index in [9.17, 15) is 0 Å². The summed E-state index contributed by atoms with van der Waals surface area (Å²) >= 11 is 0. The third-order valence-corrected chi connectivity index (χ3v) is 4.79. The second-order valence-corrected chi connectivity index (χ2v) is 6.75. The molecule has 1 aliphatic rings. The Kier molecular flexibility index (Phi) is 5.44. The summed E-state index contributed by atoms with van der Waals surface area (Å²) < 4.78 is 2.28. The molecule has 124 valence electrons. The van der Waals surface area contributed by atoms with Gasteiger partial charge in [-0.25, -0.2) is 0 Å². The lowest BCUT2D eigenvalue weighted by Crippen LogP contribution is -2.36.